The number of carbonyl (C=O) groups excluding carboxylic acids is 1. The summed E-state index contributed by atoms with van der Waals surface area (Å²) in [6.07, 6.45) is 2.05. The van der Waals surface area contributed by atoms with Crippen molar-refractivity contribution in [3.63, 3.8) is 0 Å². The smallest absolute Gasteiger partial charge is 0.232 e. The van der Waals surface area contributed by atoms with E-state index in [9.17, 15) is 4.79 Å². The van der Waals surface area contributed by atoms with Gasteiger partial charge in [0.25, 0.3) is 0 Å². The molecule has 0 saturated carbocycles. The maximum atomic E-state index is 12.0. The van der Waals surface area contributed by atoms with Gasteiger partial charge in [-0.15, -0.1) is 11.8 Å². The molecule has 1 atom stereocenters. The molecule has 0 N–H and O–H groups in total. The number of nitrogens with zero attached hydrogens (tertiary/aromatic N) is 2. The quantitative estimate of drug-likeness (QED) is 0.781. The van der Waals surface area contributed by atoms with Gasteiger partial charge in [0.1, 0.15) is 0 Å². The van der Waals surface area contributed by atoms with E-state index < -0.39 is 0 Å². The van der Waals surface area contributed by atoms with Crippen LogP contribution in [0.3, 0.4) is 0 Å². The van der Waals surface area contributed by atoms with Gasteiger partial charge in [-0.25, -0.2) is 0 Å². The number of hydrogen-bond donors (Lipinski definition) is 0. The van der Waals surface area contributed by atoms with Crippen molar-refractivity contribution in [2.75, 3.05) is 18.6 Å². The molecule has 0 aromatic heterocycles. The summed E-state index contributed by atoms with van der Waals surface area (Å²) in [7, 11) is 1.86. The minimum atomic E-state index is 0.108. The van der Waals surface area contributed by atoms with E-state index >= 15 is 0 Å². The highest BCUT2D eigenvalue weighted by molar-refractivity contribution is 8.00. The molecule has 0 radical (unpaired) electrons. The number of hydrogen-bond acceptors (Lipinski definition) is 3. The van der Waals surface area contributed by atoms with Gasteiger partial charge in [-0.2, -0.15) is 5.26 Å². The molecule has 18 heavy (non-hydrogen) atoms. The molecule has 0 fully saturated rings. The minimum Gasteiger partial charge on any atom is -0.338 e. The fourth-order valence-electron chi connectivity index (χ4n) is 2.40. The van der Waals surface area contributed by atoms with Crippen molar-refractivity contribution < 1.29 is 4.79 Å². The Balaban J connectivity index is 2.01. The average molecular weight is 260 g/mol. The molecule has 94 valence electrons. The van der Waals surface area contributed by atoms with Gasteiger partial charge in [-0.3, -0.25) is 4.79 Å². The summed E-state index contributed by atoms with van der Waals surface area (Å²) < 4.78 is 0. The van der Waals surface area contributed by atoms with Crippen molar-refractivity contribution >= 4 is 17.7 Å². The number of thioether (sulfide) groups is 1. The number of aryl methyl sites for hydroxylation is 1. The molecular formula is C14H16N2OS. The summed E-state index contributed by atoms with van der Waals surface area (Å²) >= 11 is 1.38. The van der Waals surface area contributed by atoms with Crippen molar-refractivity contribution in [2.24, 2.45) is 0 Å². The SMILES string of the molecule is CN(C(=O)CSCC#N)C1CCc2ccccc21. The molecule has 0 bridgehead atoms. The Bertz CT molecular complexity index is 481. The lowest BCUT2D eigenvalue weighted by Gasteiger charge is -2.25. The third-order valence-corrected chi connectivity index (χ3v) is 4.14. The minimum absolute atomic E-state index is 0.108. The molecule has 0 aliphatic heterocycles. The first-order valence-electron chi connectivity index (χ1n) is 6.02. The van der Waals surface area contributed by atoms with Gasteiger partial charge in [0.05, 0.1) is 23.6 Å². The van der Waals surface area contributed by atoms with Gasteiger partial charge in [0, 0.05) is 7.05 Å². The molecule has 0 spiro atoms. The Hall–Kier alpha value is -1.47. The van der Waals surface area contributed by atoms with Crippen LogP contribution in [-0.4, -0.2) is 29.4 Å². The maximum absolute atomic E-state index is 12.0. The van der Waals surface area contributed by atoms with E-state index in [2.05, 4.69) is 12.1 Å². The largest absolute Gasteiger partial charge is 0.338 e. The molecule has 1 aromatic carbocycles. The van der Waals surface area contributed by atoms with E-state index in [1.165, 1.54) is 22.9 Å². The molecule has 3 nitrogen and oxygen atoms in total. The highest BCUT2D eigenvalue weighted by Gasteiger charge is 2.27. The van der Waals surface area contributed by atoms with Gasteiger partial charge in [-0.1, -0.05) is 24.3 Å². The molecule has 1 aliphatic rings. The highest BCUT2D eigenvalue weighted by atomic mass is 32.2. The van der Waals surface area contributed by atoms with Gasteiger partial charge < -0.3 is 4.90 Å². The predicted molar refractivity (Wildman–Crippen MR) is 73.2 cm³/mol. The molecule has 0 heterocycles. The topological polar surface area (TPSA) is 44.1 Å². The molecule has 1 aliphatic carbocycles. The first kappa shape index (κ1) is 13.0. The third kappa shape index (κ3) is 2.68. The Kier molecular flexibility index (Phi) is 4.27. The van der Waals surface area contributed by atoms with Gasteiger partial charge in [0.15, 0.2) is 0 Å². The van der Waals surface area contributed by atoms with Crippen LogP contribution in [0.4, 0.5) is 0 Å². The van der Waals surface area contributed by atoms with Crippen LogP contribution in [0.5, 0.6) is 0 Å². The van der Waals surface area contributed by atoms with Crippen LogP contribution in [0.15, 0.2) is 24.3 Å². The van der Waals surface area contributed by atoms with E-state index in [0.29, 0.717) is 11.5 Å². The van der Waals surface area contributed by atoms with Crippen LogP contribution in [0.2, 0.25) is 0 Å². The first-order valence-corrected chi connectivity index (χ1v) is 7.17. The van der Waals surface area contributed by atoms with Crippen LogP contribution in [-0.2, 0) is 11.2 Å². The van der Waals surface area contributed by atoms with Crippen molar-refractivity contribution in [1.82, 2.24) is 4.90 Å². The van der Waals surface area contributed by atoms with Crippen molar-refractivity contribution in [3.05, 3.63) is 35.4 Å². The fraction of sp³-hybridized carbons (Fsp3) is 0.429. The van der Waals surface area contributed by atoms with Crippen LogP contribution in [0, 0.1) is 11.3 Å². The molecule has 1 amide bonds. The zero-order valence-electron chi connectivity index (χ0n) is 10.4. The van der Waals surface area contributed by atoms with Crippen LogP contribution in [0.25, 0.3) is 0 Å². The summed E-state index contributed by atoms with van der Waals surface area (Å²) in [5.74, 6) is 0.876. The summed E-state index contributed by atoms with van der Waals surface area (Å²) in [4.78, 5) is 13.8. The monoisotopic (exact) mass is 260 g/mol. The van der Waals surface area contributed by atoms with E-state index in [4.69, 9.17) is 5.26 Å². The van der Waals surface area contributed by atoms with Crippen molar-refractivity contribution in [1.29, 1.82) is 5.26 Å². The summed E-state index contributed by atoms with van der Waals surface area (Å²) in [5.41, 5.74) is 2.63. The Labute approximate surface area is 112 Å². The second-order valence-electron chi connectivity index (χ2n) is 4.41. The third-order valence-electron chi connectivity index (χ3n) is 3.35. The lowest BCUT2D eigenvalue weighted by molar-refractivity contribution is -0.129. The maximum Gasteiger partial charge on any atom is 0.232 e. The normalized spacial score (nSPS) is 17.0. The number of carbonyl (C=O) groups is 1. The fourth-order valence-corrected chi connectivity index (χ4v) is 2.97. The summed E-state index contributed by atoms with van der Waals surface area (Å²) in [6, 6.07) is 10.6. The Morgan fingerprint density at radius 3 is 3.11 bits per heavy atom. The Morgan fingerprint density at radius 2 is 2.33 bits per heavy atom. The highest BCUT2D eigenvalue weighted by Crippen LogP contribution is 2.34. The second-order valence-corrected chi connectivity index (χ2v) is 5.39. The molecule has 2 rings (SSSR count). The average Bonchev–Trinajstić information content (AvgIpc) is 2.82. The van der Waals surface area contributed by atoms with E-state index in [1.807, 2.05) is 30.1 Å². The second kappa shape index (κ2) is 5.92. The molecule has 0 saturated heterocycles. The molecule has 1 aromatic rings. The van der Waals surface area contributed by atoms with E-state index in [0.717, 1.165) is 12.8 Å². The lowest BCUT2D eigenvalue weighted by atomic mass is 10.1. The number of fused-ring (bicyclic) bond motifs is 1. The van der Waals surface area contributed by atoms with Gasteiger partial charge in [0.2, 0.25) is 5.91 Å². The van der Waals surface area contributed by atoms with Crippen molar-refractivity contribution in [2.45, 2.75) is 18.9 Å². The van der Waals surface area contributed by atoms with E-state index in [-0.39, 0.29) is 11.9 Å². The van der Waals surface area contributed by atoms with Crippen LogP contribution < -0.4 is 0 Å². The predicted octanol–water partition coefficient (Wildman–Crippen LogP) is 2.39. The zero-order valence-corrected chi connectivity index (χ0v) is 11.2. The zero-order chi connectivity index (χ0) is 13.0. The molecule has 4 heteroatoms. The first-order chi connectivity index (χ1) is 8.74. The Morgan fingerprint density at radius 1 is 1.56 bits per heavy atom. The molecular weight excluding hydrogens is 244 g/mol. The lowest BCUT2D eigenvalue weighted by Crippen LogP contribution is -2.31. The van der Waals surface area contributed by atoms with Gasteiger partial charge in [-0.05, 0) is 24.0 Å². The standard InChI is InChI=1S/C14H16N2OS/c1-16(14(17)10-18-9-8-15)13-7-6-11-4-2-3-5-12(11)13/h2-5,13H,6-7,9-10H2,1H3. The van der Waals surface area contributed by atoms with Crippen LogP contribution >= 0.6 is 11.8 Å². The van der Waals surface area contributed by atoms with Gasteiger partial charge >= 0.3 is 0 Å². The number of amides is 1. The summed E-state index contributed by atoms with van der Waals surface area (Å²) in [6.45, 7) is 0. The van der Waals surface area contributed by atoms with Crippen molar-refractivity contribution in [3.8, 4) is 6.07 Å². The number of benzene rings is 1. The number of nitriles is 1. The molecule has 1 unspecified atom stereocenters. The van der Waals surface area contributed by atoms with Crippen LogP contribution in [0.1, 0.15) is 23.6 Å². The van der Waals surface area contributed by atoms with E-state index in [1.54, 1.807) is 0 Å². The summed E-state index contributed by atoms with van der Waals surface area (Å²) in [5, 5.41) is 8.46. The number of rotatable bonds is 4.